The van der Waals surface area contributed by atoms with Crippen molar-refractivity contribution in [2.45, 2.75) is 6.04 Å². The molecule has 0 amide bonds. The highest BCUT2D eigenvalue weighted by Crippen LogP contribution is 2.29. The van der Waals surface area contributed by atoms with Crippen molar-refractivity contribution in [1.29, 1.82) is 0 Å². The first kappa shape index (κ1) is 12.8. The fourth-order valence-electron chi connectivity index (χ4n) is 1.67. The number of ether oxygens (including phenoxy) is 1. The Hall–Kier alpha value is -1.69. The van der Waals surface area contributed by atoms with E-state index in [-0.39, 0.29) is 6.04 Å². The Morgan fingerprint density at radius 3 is 2.83 bits per heavy atom. The van der Waals surface area contributed by atoms with Gasteiger partial charge in [-0.3, -0.25) is 15.8 Å². The molecule has 1 heterocycles. The van der Waals surface area contributed by atoms with Gasteiger partial charge < -0.3 is 4.74 Å². The molecular weight excluding hydrogens is 252 g/mol. The molecule has 0 bridgehead atoms. The summed E-state index contributed by atoms with van der Waals surface area (Å²) in [6, 6.07) is 5.19. The standard InChI is InChI=1S/C12H13ClN4O/c1-18-11-6-8(2-3-9(11)13)12(17-14)10-7-15-4-5-16-10/h2-7,12,17H,14H2,1H3. The first-order chi connectivity index (χ1) is 8.76. The summed E-state index contributed by atoms with van der Waals surface area (Å²) in [6.45, 7) is 0. The number of benzene rings is 1. The van der Waals surface area contributed by atoms with E-state index in [0.29, 0.717) is 10.8 Å². The molecule has 0 aliphatic rings. The summed E-state index contributed by atoms with van der Waals surface area (Å²) in [4.78, 5) is 8.25. The van der Waals surface area contributed by atoms with Gasteiger partial charge in [-0.1, -0.05) is 17.7 Å². The monoisotopic (exact) mass is 264 g/mol. The van der Waals surface area contributed by atoms with Crippen LogP contribution in [-0.2, 0) is 0 Å². The molecule has 1 atom stereocenters. The third-order valence-electron chi connectivity index (χ3n) is 2.55. The zero-order valence-corrected chi connectivity index (χ0v) is 10.6. The van der Waals surface area contributed by atoms with Gasteiger partial charge in [-0.25, -0.2) is 5.43 Å². The van der Waals surface area contributed by atoms with E-state index in [0.717, 1.165) is 11.3 Å². The first-order valence-electron chi connectivity index (χ1n) is 5.31. The van der Waals surface area contributed by atoms with Crippen LogP contribution in [0.25, 0.3) is 0 Å². The molecule has 0 saturated heterocycles. The maximum absolute atomic E-state index is 5.99. The zero-order chi connectivity index (χ0) is 13.0. The molecule has 18 heavy (non-hydrogen) atoms. The van der Waals surface area contributed by atoms with E-state index in [9.17, 15) is 0 Å². The SMILES string of the molecule is COc1cc(C(NN)c2cnccn2)ccc1Cl. The summed E-state index contributed by atoms with van der Waals surface area (Å²) >= 11 is 5.99. The molecule has 0 spiro atoms. The molecule has 0 radical (unpaired) electrons. The molecule has 1 aromatic heterocycles. The third kappa shape index (κ3) is 2.59. The van der Waals surface area contributed by atoms with Crippen LogP contribution in [0, 0.1) is 0 Å². The van der Waals surface area contributed by atoms with E-state index in [1.54, 1.807) is 31.8 Å². The van der Waals surface area contributed by atoms with E-state index >= 15 is 0 Å². The first-order valence-corrected chi connectivity index (χ1v) is 5.69. The van der Waals surface area contributed by atoms with Crippen LogP contribution < -0.4 is 16.0 Å². The highest BCUT2D eigenvalue weighted by atomic mass is 35.5. The number of hydrazine groups is 1. The lowest BCUT2D eigenvalue weighted by molar-refractivity contribution is 0.414. The van der Waals surface area contributed by atoms with Crippen molar-refractivity contribution in [1.82, 2.24) is 15.4 Å². The Kier molecular flexibility index (Phi) is 4.09. The topological polar surface area (TPSA) is 73.1 Å². The number of aromatic nitrogens is 2. The number of hydrogen-bond acceptors (Lipinski definition) is 5. The van der Waals surface area contributed by atoms with Crippen LogP contribution in [0.3, 0.4) is 0 Å². The Morgan fingerprint density at radius 2 is 2.22 bits per heavy atom. The van der Waals surface area contributed by atoms with Gasteiger partial charge in [0, 0.05) is 12.4 Å². The number of rotatable bonds is 4. The Morgan fingerprint density at radius 1 is 1.39 bits per heavy atom. The van der Waals surface area contributed by atoms with Gasteiger partial charge in [0.15, 0.2) is 0 Å². The predicted octanol–water partition coefficient (Wildman–Crippen LogP) is 1.69. The lowest BCUT2D eigenvalue weighted by atomic mass is 10.0. The quantitative estimate of drug-likeness (QED) is 0.649. The Labute approximate surface area is 110 Å². The fourth-order valence-corrected chi connectivity index (χ4v) is 1.86. The second-order valence-corrected chi connectivity index (χ2v) is 4.03. The molecule has 5 nitrogen and oxygen atoms in total. The van der Waals surface area contributed by atoms with Crippen molar-refractivity contribution < 1.29 is 4.74 Å². The molecule has 0 saturated carbocycles. The fraction of sp³-hybridized carbons (Fsp3) is 0.167. The number of hydrogen-bond donors (Lipinski definition) is 2. The van der Waals surface area contributed by atoms with Crippen molar-refractivity contribution in [3.8, 4) is 5.75 Å². The van der Waals surface area contributed by atoms with E-state index < -0.39 is 0 Å². The largest absolute Gasteiger partial charge is 0.495 e. The maximum Gasteiger partial charge on any atom is 0.137 e. The van der Waals surface area contributed by atoms with Crippen LogP contribution in [0.2, 0.25) is 5.02 Å². The van der Waals surface area contributed by atoms with Crippen LogP contribution in [0.5, 0.6) is 5.75 Å². The van der Waals surface area contributed by atoms with Gasteiger partial charge >= 0.3 is 0 Å². The highest BCUT2D eigenvalue weighted by Gasteiger charge is 2.15. The number of methoxy groups -OCH3 is 1. The van der Waals surface area contributed by atoms with Crippen LogP contribution in [-0.4, -0.2) is 17.1 Å². The van der Waals surface area contributed by atoms with Crippen LogP contribution in [0.1, 0.15) is 17.3 Å². The average Bonchev–Trinajstić information content (AvgIpc) is 2.42. The number of nitrogens with one attached hydrogen (secondary N) is 1. The molecule has 6 heteroatoms. The van der Waals surface area contributed by atoms with Gasteiger partial charge in [-0.15, -0.1) is 0 Å². The van der Waals surface area contributed by atoms with E-state index in [2.05, 4.69) is 15.4 Å². The van der Waals surface area contributed by atoms with Gasteiger partial charge in [0.05, 0.1) is 30.1 Å². The molecular formula is C12H13ClN4O. The van der Waals surface area contributed by atoms with E-state index in [1.807, 2.05) is 12.1 Å². The number of nitrogens with two attached hydrogens (primary N) is 1. The minimum atomic E-state index is -0.259. The van der Waals surface area contributed by atoms with Crippen LogP contribution >= 0.6 is 11.6 Å². The second-order valence-electron chi connectivity index (χ2n) is 3.62. The minimum Gasteiger partial charge on any atom is -0.495 e. The van der Waals surface area contributed by atoms with E-state index in [4.69, 9.17) is 22.2 Å². The maximum atomic E-state index is 5.99. The second kappa shape index (κ2) is 5.77. The summed E-state index contributed by atoms with van der Waals surface area (Å²) < 4.78 is 5.18. The van der Waals surface area contributed by atoms with E-state index in [1.165, 1.54) is 0 Å². The van der Waals surface area contributed by atoms with Crippen molar-refractivity contribution >= 4 is 11.6 Å². The molecule has 1 aromatic carbocycles. The Balaban J connectivity index is 2.39. The molecule has 3 N–H and O–H groups in total. The van der Waals surface area contributed by atoms with Gasteiger partial charge in [0.2, 0.25) is 0 Å². The molecule has 0 aliphatic carbocycles. The molecule has 1 unspecified atom stereocenters. The van der Waals surface area contributed by atoms with Crippen molar-refractivity contribution in [3.05, 3.63) is 53.1 Å². The summed E-state index contributed by atoms with van der Waals surface area (Å²) in [5.74, 6) is 6.17. The predicted molar refractivity (Wildman–Crippen MR) is 69.2 cm³/mol. The third-order valence-corrected chi connectivity index (χ3v) is 2.87. The van der Waals surface area contributed by atoms with Crippen molar-refractivity contribution in [2.24, 2.45) is 5.84 Å². The van der Waals surface area contributed by atoms with Crippen LogP contribution in [0.4, 0.5) is 0 Å². The lowest BCUT2D eigenvalue weighted by Gasteiger charge is -2.16. The molecule has 94 valence electrons. The number of halogens is 1. The van der Waals surface area contributed by atoms with Crippen molar-refractivity contribution in [3.63, 3.8) is 0 Å². The minimum absolute atomic E-state index is 0.259. The summed E-state index contributed by atoms with van der Waals surface area (Å²) in [7, 11) is 1.57. The summed E-state index contributed by atoms with van der Waals surface area (Å²) in [5, 5.41) is 0.552. The van der Waals surface area contributed by atoms with Gasteiger partial charge in [-0.05, 0) is 17.7 Å². The molecule has 2 rings (SSSR count). The van der Waals surface area contributed by atoms with Gasteiger partial charge in [0.1, 0.15) is 5.75 Å². The van der Waals surface area contributed by atoms with Gasteiger partial charge in [-0.2, -0.15) is 0 Å². The zero-order valence-electron chi connectivity index (χ0n) is 9.80. The number of nitrogens with zero attached hydrogens (tertiary/aromatic N) is 2. The Bertz CT molecular complexity index is 521. The normalized spacial score (nSPS) is 12.2. The summed E-state index contributed by atoms with van der Waals surface area (Å²) in [6.07, 6.45) is 4.89. The van der Waals surface area contributed by atoms with Gasteiger partial charge in [0.25, 0.3) is 0 Å². The molecule has 2 aromatic rings. The van der Waals surface area contributed by atoms with Crippen LogP contribution in [0.15, 0.2) is 36.8 Å². The molecule has 0 fully saturated rings. The highest BCUT2D eigenvalue weighted by molar-refractivity contribution is 6.32. The lowest BCUT2D eigenvalue weighted by Crippen LogP contribution is -2.29. The average molecular weight is 265 g/mol. The van der Waals surface area contributed by atoms with Crippen molar-refractivity contribution in [2.75, 3.05) is 7.11 Å². The summed E-state index contributed by atoms with van der Waals surface area (Å²) in [5.41, 5.74) is 4.33. The molecule has 0 aliphatic heterocycles. The smallest absolute Gasteiger partial charge is 0.137 e.